The van der Waals surface area contributed by atoms with Gasteiger partial charge in [0.25, 0.3) is 5.56 Å². The van der Waals surface area contributed by atoms with Gasteiger partial charge < -0.3 is 9.47 Å². The van der Waals surface area contributed by atoms with E-state index >= 15 is 0 Å². The first kappa shape index (κ1) is 21.5. The standard InChI is InChI=1S/C21H19BrIN3O3/c1-4-8-29-20-16(23)9-13(10-18(20)28-3)12-24-26-19(5-2)25-17-7-6-14(22)11-15(17)21(26)27/h4,6-7,9-12H,1,5,8H2,2-3H3. The Bertz CT molecular complexity index is 1160. The van der Waals surface area contributed by atoms with E-state index in [4.69, 9.17) is 9.47 Å². The SMILES string of the molecule is C=CCOc1c(I)cc(C=Nn2c(CC)nc3ccc(Br)cc3c2=O)cc1OC. The van der Waals surface area contributed by atoms with E-state index in [9.17, 15) is 4.79 Å². The molecular weight excluding hydrogens is 549 g/mol. The van der Waals surface area contributed by atoms with Crippen LogP contribution in [0, 0.1) is 3.57 Å². The minimum atomic E-state index is -0.211. The summed E-state index contributed by atoms with van der Waals surface area (Å²) in [6.45, 7) is 5.99. The first-order chi connectivity index (χ1) is 14.0. The van der Waals surface area contributed by atoms with Gasteiger partial charge in [0.1, 0.15) is 12.4 Å². The number of benzene rings is 2. The Morgan fingerprint density at radius 2 is 2.14 bits per heavy atom. The Hall–Kier alpha value is -2.20. The van der Waals surface area contributed by atoms with E-state index in [0.29, 0.717) is 41.3 Å². The molecule has 29 heavy (non-hydrogen) atoms. The zero-order chi connectivity index (χ0) is 21.0. The molecule has 0 fully saturated rings. The van der Waals surface area contributed by atoms with E-state index in [1.165, 1.54) is 4.68 Å². The monoisotopic (exact) mass is 567 g/mol. The predicted molar refractivity (Wildman–Crippen MR) is 127 cm³/mol. The van der Waals surface area contributed by atoms with Crippen molar-refractivity contribution in [3.05, 3.63) is 72.8 Å². The lowest BCUT2D eigenvalue weighted by Crippen LogP contribution is -2.22. The van der Waals surface area contributed by atoms with Crippen molar-refractivity contribution in [2.24, 2.45) is 5.10 Å². The van der Waals surface area contributed by atoms with Crippen LogP contribution in [0.15, 0.2) is 57.4 Å². The highest BCUT2D eigenvalue weighted by molar-refractivity contribution is 14.1. The van der Waals surface area contributed by atoms with Gasteiger partial charge >= 0.3 is 0 Å². The molecule has 0 radical (unpaired) electrons. The number of aryl methyl sites for hydroxylation is 1. The normalized spacial score (nSPS) is 11.2. The number of hydrogen-bond acceptors (Lipinski definition) is 5. The fourth-order valence-corrected chi connectivity index (χ4v) is 3.91. The van der Waals surface area contributed by atoms with Crippen molar-refractivity contribution in [2.75, 3.05) is 13.7 Å². The van der Waals surface area contributed by atoms with E-state index in [0.717, 1.165) is 13.6 Å². The average Bonchev–Trinajstić information content (AvgIpc) is 2.72. The van der Waals surface area contributed by atoms with Crippen molar-refractivity contribution >= 4 is 55.6 Å². The third-order valence-corrected chi connectivity index (χ3v) is 5.41. The van der Waals surface area contributed by atoms with Gasteiger partial charge in [0.05, 0.1) is 27.8 Å². The second kappa shape index (κ2) is 9.53. The summed E-state index contributed by atoms with van der Waals surface area (Å²) in [6.07, 6.45) is 3.87. The van der Waals surface area contributed by atoms with Gasteiger partial charge in [-0.3, -0.25) is 4.79 Å². The number of nitrogens with zero attached hydrogens (tertiary/aromatic N) is 3. The first-order valence-corrected chi connectivity index (χ1v) is 10.7. The lowest BCUT2D eigenvalue weighted by Gasteiger charge is -2.12. The Morgan fingerprint density at radius 1 is 1.34 bits per heavy atom. The summed E-state index contributed by atoms with van der Waals surface area (Å²) in [5.74, 6) is 1.83. The molecule has 0 bridgehead atoms. The second-order valence-electron chi connectivity index (χ2n) is 6.04. The van der Waals surface area contributed by atoms with E-state index in [-0.39, 0.29) is 5.56 Å². The minimum absolute atomic E-state index is 0.211. The summed E-state index contributed by atoms with van der Waals surface area (Å²) in [7, 11) is 1.58. The maximum absolute atomic E-state index is 13.0. The Balaban J connectivity index is 2.06. The molecular formula is C21H19BrIN3O3. The van der Waals surface area contributed by atoms with Crippen LogP contribution in [-0.2, 0) is 6.42 Å². The van der Waals surface area contributed by atoms with Crippen molar-refractivity contribution < 1.29 is 9.47 Å². The molecule has 2 aromatic carbocycles. The van der Waals surface area contributed by atoms with E-state index in [2.05, 4.69) is 55.2 Å². The summed E-state index contributed by atoms with van der Waals surface area (Å²) in [4.78, 5) is 17.6. The van der Waals surface area contributed by atoms with Crippen LogP contribution in [0.3, 0.4) is 0 Å². The van der Waals surface area contributed by atoms with Gasteiger partial charge in [-0.1, -0.05) is 35.5 Å². The van der Waals surface area contributed by atoms with Crippen molar-refractivity contribution in [1.82, 2.24) is 9.66 Å². The molecule has 1 heterocycles. The molecule has 0 aliphatic heterocycles. The van der Waals surface area contributed by atoms with Crippen LogP contribution in [-0.4, -0.2) is 29.6 Å². The molecule has 0 unspecified atom stereocenters. The molecule has 0 N–H and O–H groups in total. The van der Waals surface area contributed by atoms with Gasteiger partial charge in [0, 0.05) is 10.9 Å². The van der Waals surface area contributed by atoms with Crippen LogP contribution in [0.1, 0.15) is 18.3 Å². The second-order valence-corrected chi connectivity index (χ2v) is 8.12. The van der Waals surface area contributed by atoms with Crippen LogP contribution in [0.25, 0.3) is 10.9 Å². The number of rotatable bonds is 7. The van der Waals surface area contributed by atoms with Crippen molar-refractivity contribution in [3.8, 4) is 11.5 Å². The molecule has 3 aromatic rings. The molecule has 0 saturated carbocycles. The van der Waals surface area contributed by atoms with Gasteiger partial charge in [0.2, 0.25) is 0 Å². The van der Waals surface area contributed by atoms with Gasteiger partial charge in [-0.15, -0.1) is 0 Å². The summed E-state index contributed by atoms with van der Waals surface area (Å²) in [5.41, 5.74) is 1.22. The molecule has 8 heteroatoms. The number of hydrogen-bond donors (Lipinski definition) is 0. The molecule has 3 rings (SSSR count). The van der Waals surface area contributed by atoms with Crippen molar-refractivity contribution in [3.63, 3.8) is 0 Å². The molecule has 0 atom stereocenters. The summed E-state index contributed by atoms with van der Waals surface area (Å²) in [6, 6.07) is 9.17. The van der Waals surface area contributed by atoms with Gasteiger partial charge in [0.15, 0.2) is 11.5 Å². The molecule has 150 valence electrons. The average molecular weight is 568 g/mol. The molecule has 0 aliphatic rings. The summed E-state index contributed by atoms with van der Waals surface area (Å²) in [5, 5.41) is 4.93. The number of methoxy groups -OCH3 is 1. The lowest BCUT2D eigenvalue weighted by atomic mass is 10.2. The fourth-order valence-electron chi connectivity index (χ4n) is 2.76. The molecule has 1 aromatic heterocycles. The highest BCUT2D eigenvalue weighted by Gasteiger charge is 2.12. The Morgan fingerprint density at radius 3 is 2.83 bits per heavy atom. The van der Waals surface area contributed by atoms with Crippen LogP contribution in [0.5, 0.6) is 11.5 Å². The largest absolute Gasteiger partial charge is 0.493 e. The quantitative estimate of drug-likeness (QED) is 0.234. The van der Waals surface area contributed by atoms with Crippen LogP contribution in [0.4, 0.5) is 0 Å². The first-order valence-electron chi connectivity index (χ1n) is 8.85. The zero-order valence-electron chi connectivity index (χ0n) is 16.0. The fraction of sp³-hybridized carbons (Fsp3) is 0.190. The Labute approximate surface area is 190 Å². The summed E-state index contributed by atoms with van der Waals surface area (Å²) < 4.78 is 14.2. The topological polar surface area (TPSA) is 65.7 Å². The molecule has 0 aliphatic carbocycles. The number of halogens is 2. The highest BCUT2D eigenvalue weighted by atomic mass is 127. The molecule has 0 saturated heterocycles. The number of fused-ring (bicyclic) bond motifs is 1. The number of aromatic nitrogens is 2. The Kier molecular flexibility index (Phi) is 7.07. The van der Waals surface area contributed by atoms with E-state index in [1.54, 1.807) is 25.5 Å². The van der Waals surface area contributed by atoms with E-state index < -0.39 is 0 Å². The van der Waals surface area contributed by atoms with Gasteiger partial charge in [-0.05, 0) is 58.5 Å². The zero-order valence-corrected chi connectivity index (χ0v) is 19.7. The van der Waals surface area contributed by atoms with Crippen LogP contribution >= 0.6 is 38.5 Å². The predicted octanol–water partition coefficient (Wildman–Crippen LogP) is 4.78. The molecule has 0 spiro atoms. The van der Waals surface area contributed by atoms with Crippen LogP contribution < -0.4 is 15.0 Å². The van der Waals surface area contributed by atoms with Crippen molar-refractivity contribution in [2.45, 2.75) is 13.3 Å². The molecule has 6 nitrogen and oxygen atoms in total. The minimum Gasteiger partial charge on any atom is -0.493 e. The highest BCUT2D eigenvalue weighted by Crippen LogP contribution is 2.33. The van der Waals surface area contributed by atoms with E-state index in [1.807, 2.05) is 31.2 Å². The maximum Gasteiger partial charge on any atom is 0.282 e. The third kappa shape index (κ3) is 4.69. The van der Waals surface area contributed by atoms with Crippen molar-refractivity contribution in [1.29, 1.82) is 0 Å². The van der Waals surface area contributed by atoms with Gasteiger partial charge in [-0.25, -0.2) is 4.98 Å². The number of ether oxygens (including phenoxy) is 2. The molecule has 0 amide bonds. The lowest BCUT2D eigenvalue weighted by molar-refractivity contribution is 0.324. The van der Waals surface area contributed by atoms with Crippen LogP contribution in [0.2, 0.25) is 0 Å². The summed E-state index contributed by atoms with van der Waals surface area (Å²) >= 11 is 5.58. The van der Waals surface area contributed by atoms with Gasteiger partial charge in [-0.2, -0.15) is 9.78 Å². The smallest absolute Gasteiger partial charge is 0.282 e. The maximum atomic E-state index is 13.0. The third-order valence-electron chi connectivity index (χ3n) is 4.11.